The second-order valence-electron chi connectivity index (χ2n) is 5.48. The molecule has 2 saturated carbocycles. The molecule has 0 aliphatic heterocycles. The summed E-state index contributed by atoms with van der Waals surface area (Å²) < 4.78 is 0. The van der Waals surface area contributed by atoms with Gasteiger partial charge in [-0.1, -0.05) is 25.4 Å². The molecule has 0 spiro atoms. The first-order valence-electron chi connectivity index (χ1n) is 5.88. The lowest BCUT2D eigenvalue weighted by Gasteiger charge is -2.23. The Bertz CT molecular complexity index is 310. The first-order valence-corrected chi connectivity index (χ1v) is 6.26. The topological polar surface area (TPSA) is 38.7 Å². The minimum absolute atomic E-state index is 0.0534. The van der Waals surface area contributed by atoms with Crippen molar-refractivity contribution < 1.29 is 9.63 Å². The molecule has 0 amide bonds. The molecule has 16 heavy (non-hydrogen) atoms. The van der Waals surface area contributed by atoms with E-state index in [-0.39, 0.29) is 22.5 Å². The molecule has 2 unspecified atom stereocenters. The van der Waals surface area contributed by atoms with Crippen LogP contribution < -0.4 is 0 Å². The van der Waals surface area contributed by atoms with Crippen LogP contribution in [-0.2, 0) is 9.63 Å². The maximum atomic E-state index is 11.1. The predicted molar refractivity (Wildman–Crippen MR) is 63.4 cm³/mol. The lowest BCUT2D eigenvalue weighted by Crippen LogP contribution is -2.16. The van der Waals surface area contributed by atoms with Gasteiger partial charge in [-0.15, -0.1) is 0 Å². The normalized spacial score (nSPS) is 32.4. The van der Waals surface area contributed by atoms with Gasteiger partial charge >= 0.3 is 0 Å². The SMILES string of the molecule is CC1(C)C(C=NOCC2CCC2)C1C(=O)Cl. The van der Waals surface area contributed by atoms with E-state index < -0.39 is 0 Å². The fraction of sp³-hybridized carbons (Fsp3) is 0.833. The van der Waals surface area contributed by atoms with Crippen molar-refractivity contribution in [2.45, 2.75) is 33.1 Å². The first kappa shape index (κ1) is 11.9. The van der Waals surface area contributed by atoms with Crippen molar-refractivity contribution in [1.82, 2.24) is 0 Å². The second kappa shape index (κ2) is 4.36. The van der Waals surface area contributed by atoms with Gasteiger partial charge in [-0.2, -0.15) is 0 Å². The molecule has 90 valence electrons. The monoisotopic (exact) mass is 243 g/mol. The fourth-order valence-electron chi connectivity index (χ4n) is 2.31. The van der Waals surface area contributed by atoms with Crippen LogP contribution in [0.3, 0.4) is 0 Å². The maximum absolute atomic E-state index is 11.1. The molecular formula is C12H18ClNO2. The van der Waals surface area contributed by atoms with E-state index >= 15 is 0 Å². The van der Waals surface area contributed by atoms with Crippen molar-refractivity contribution in [3.63, 3.8) is 0 Å². The Balaban J connectivity index is 1.73. The van der Waals surface area contributed by atoms with Gasteiger partial charge in [-0.3, -0.25) is 4.79 Å². The van der Waals surface area contributed by atoms with Gasteiger partial charge in [0.05, 0.1) is 0 Å². The molecule has 0 saturated heterocycles. The summed E-state index contributed by atoms with van der Waals surface area (Å²) in [5, 5.41) is 3.68. The average Bonchev–Trinajstić information content (AvgIpc) is 2.65. The summed E-state index contributed by atoms with van der Waals surface area (Å²) in [6.07, 6.45) is 5.57. The third-order valence-corrected chi connectivity index (χ3v) is 4.22. The first-order chi connectivity index (χ1) is 7.53. The lowest BCUT2D eigenvalue weighted by molar-refractivity contribution is -0.113. The zero-order valence-corrected chi connectivity index (χ0v) is 10.5. The van der Waals surface area contributed by atoms with Gasteiger partial charge in [0.15, 0.2) is 0 Å². The molecule has 2 fully saturated rings. The molecule has 0 N–H and O–H groups in total. The standard InChI is InChI=1S/C12H18ClNO2/c1-12(2)9(10(12)11(13)15)6-14-16-7-8-4-3-5-8/h6,8-10H,3-5,7H2,1-2H3. The number of halogens is 1. The van der Waals surface area contributed by atoms with Crippen molar-refractivity contribution in [3.8, 4) is 0 Å². The van der Waals surface area contributed by atoms with Gasteiger partial charge in [0, 0.05) is 18.1 Å². The molecule has 0 radical (unpaired) electrons. The van der Waals surface area contributed by atoms with Gasteiger partial charge in [-0.05, 0) is 35.8 Å². The summed E-state index contributed by atoms with van der Waals surface area (Å²) >= 11 is 5.51. The van der Waals surface area contributed by atoms with E-state index in [4.69, 9.17) is 16.4 Å². The largest absolute Gasteiger partial charge is 0.396 e. The Kier molecular flexibility index (Phi) is 3.24. The second-order valence-corrected chi connectivity index (χ2v) is 5.85. The molecule has 0 aromatic rings. The van der Waals surface area contributed by atoms with Crippen molar-refractivity contribution in [2.75, 3.05) is 6.61 Å². The summed E-state index contributed by atoms with van der Waals surface area (Å²) in [6, 6.07) is 0. The van der Waals surface area contributed by atoms with Crippen LogP contribution in [0.25, 0.3) is 0 Å². The smallest absolute Gasteiger partial charge is 0.225 e. The van der Waals surface area contributed by atoms with Gasteiger partial charge in [-0.25, -0.2) is 0 Å². The summed E-state index contributed by atoms with van der Waals surface area (Å²) in [5.41, 5.74) is -0.0534. The number of carbonyl (C=O) groups is 1. The quantitative estimate of drug-likeness (QED) is 0.423. The number of nitrogens with zero attached hydrogens (tertiary/aromatic N) is 1. The van der Waals surface area contributed by atoms with Crippen molar-refractivity contribution >= 4 is 23.1 Å². The Morgan fingerprint density at radius 3 is 2.69 bits per heavy atom. The summed E-state index contributed by atoms with van der Waals surface area (Å²) in [7, 11) is 0. The molecule has 0 aromatic heterocycles. The highest BCUT2D eigenvalue weighted by Gasteiger charge is 2.60. The third kappa shape index (κ3) is 2.24. The number of rotatable bonds is 5. The summed E-state index contributed by atoms with van der Waals surface area (Å²) in [6.45, 7) is 4.77. The van der Waals surface area contributed by atoms with Crippen LogP contribution in [-0.4, -0.2) is 18.1 Å². The highest BCUT2D eigenvalue weighted by atomic mass is 35.5. The Morgan fingerprint density at radius 1 is 1.56 bits per heavy atom. The van der Waals surface area contributed by atoms with Gasteiger partial charge in [0.25, 0.3) is 0 Å². The molecule has 4 heteroatoms. The number of hydrogen-bond acceptors (Lipinski definition) is 3. The van der Waals surface area contributed by atoms with Crippen LogP contribution in [0.2, 0.25) is 0 Å². The molecule has 2 atom stereocenters. The van der Waals surface area contributed by atoms with Crippen molar-refractivity contribution in [3.05, 3.63) is 0 Å². The molecule has 2 aliphatic carbocycles. The van der Waals surface area contributed by atoms with Crippen LogP contribution in [0.15, 0.2) is 5.16 Å². The molecule has 2 aliphatic rings. The zero-order valence-electron chi connectivity index (χ0n) is 9.78. The molecular weight excluding hydrogens is 226 g/mol. The van der Waals surface area contributed by atoms with Crippen LogP contribution in [0, 0.1) is 23.2 Å². The maximum Gasteiger partial charge on any atom is 0.225 e. The molecule has 0 aromatic carbocycles. The fourth-order valence-corrected chi connectivity index (χ4v) is 2.72. The van der Waals surface area contributed by atoms with Crippen molar-refractivity contribution in [2.24, 2.45) is 28.3 Å². The highest BCUT2D eigenvalue weighted by Crippen LogP contribution is 2.58. The Morgan fingerprint density at radius 2 is 2.25 bits per heavy atom. The van der Waals surface area contributed by atoms with E-state index in [1.165, 1.54) is 19.3 Å². The van der Waals surface area contributed by atoms with Crippen LogP contribution in [0.1, 0.15) is 33.1 Å². The molecule has 2 rings (SSSR count). The van der Waals surface area contributed by atoms with Gasteiger partial charge in [0.2, 0.25) is 5.24 Å². The third-order valence-electron chi connectivity index (χ3n) is 3.99. The van der Waals surface area contributed by atoms with E-state index in [2.05, 4.69) is 5.16 Å². The minimum atomic E-state index is -0.263. The van der Waals surface area contributed by atoms with Crippen LogP contribution in [0.4, 0.5) is 0 Å². The highest BCUT2D eigenvalue weighted by molar-refractivity contribution is 6.64. The van der Waals surface area contributed by atoms with E-state index in [1.807, 2.05) is 13.8 Å². The van der Waals surface area contributed by atoms with Crippen molar-refractivity contribution in [1.29, 1.82) is 0 Å². The number of hydrogen-bond donors (Lipinski definition) is 0. The lowest BCUT2D eigenvalue weighted by atomic mass is 9.86. The Hall–Kier alpha value is -0.570. The van der Waals surface area contributed by atoms with E-state index in [1.54, 1.807) is 6.21 Å². The van der Waals surface area contributed by atoms with E-state index in [0.717, 1.165) is 0 Å². The van der Waals surface area contributed by atoms with Crippen LogP contribution in [0.5, 0.6) is 0 Å². The van der Waals surface area contributed by atoms with E-state index in [0.29, 0.717) is 12.5 Å². The van der Waals surface area contributed by atoms with Gasteiger partial charge in [0.1, 0.15) is 6.61 Å². The zero-order chi connectivity index (χ0) is 11.8. The van der Waals surface area contributed by atoms with E-state index in [9.17, 15) is 4.79 Å². The molecule has 0 heterocycles. The van der Waals surface area contributed by atoms with Gasteiger partial charge < -0.3 is 4.84 Å². The summed E-state index contributed by atoms with van der Waals surface area (Å²) in [5.74, 6) is 0.735. The predicted octanol–water partition coefficient (Wildman–Crippen LogP) is 2.83. The molecule has 3 nitrogen and oxygen atoms in total. The Labute approximate surface area is 101 Å². The number of oxime groups is 1. The van der Waals surface area contributed by atoms with Crippen LogP contribution >= 0.6 is 11.6 Å². The number of carbonyl (C=O) groups excluding carboxylic acids is 1. The molecule has 0 bridgehead atoms. The average molecular weight is 244 g/mol. The minimum Gasteiger partial charge on any atom is -0.396 e. The summed E-state index contributed by atoms with van der Waals surface area (Å²) in [4.78, 5) is 16.3.